The van der Waals surface area contributed by atoms with Crippen LogP contribution in [-0.2, 0) is 32.2 Å². The average Bonchev–Trinajstić information content (AvgIpc) is 3.47. The van der Waals surface area contributed by atoms with Crippen molar-refractivity contribution < 1.29 is 28.6 Å². The normalized spacial score (nSPS) is 19.6. The summed E-state index contributed by atoms with van der Waals surface area (Å²) in [4.78, 5) is 42.8. The van der Waals surface area contributed by atoms with Gasteiger partial charge in [0.25, 0.3) is 0 Å². The number of hydrogen-bond donors (Lipinski definition) is 0. The van der Waals surface area contributed by atoms with Gasteiger partial charge in [-0.3, -0.25) is 9.80 Å². The zero-order valence-electron chi connectivity index (χ0n) is 20.5. The van der Waals surface area contributed by atoms with Crippen LogP contribution in [0, 0.1) is 0 Å². The molecule has 0 radical (unpaired) electrons. The number of para-hydroxylation sites is 1. The van der Waals surface area contributed by atoms with Crippen LogP contribution in [0.3, 0.4) is 0 Å². The smallest absolute Gasteiger partial charge is 0.416 e. The van der Waals surface area contributed by atoms with Crippen LogP contribution >= 0.6 is 0 Å². The van der Waals surface area contributed by atoms with Crippen LogP contribution in [0.2, 0.25) is 0 Å². The fourth-order valence-electron chi connectivity index (χ4n) is 5.07. The highest BCUT2D eigenvalue weighted by atomic mass is 16.6. The minimum atomic E-state index is -0.924. The number of nitrogens with zero attached hydrogens (tertiary/aromatic N) is 2. The van der Waals surface area contributed by atoms with Crippen LogP contribution in [0.4, 0.5) is 15.3 Å². The van der Waals surface area contributed by atoms with Crippen molar-refractivity contribution in [3.8, 4) is 0 Å². The van der Waals surface area contributed by atoms with E-state index in [1.54, 1.807) is 6.92 Å². The molecule has 0 spiro atoms. The maximum atomic E-state index is 13.5. The van der Waals surface area contributed by atoms with E-state index in [0.29, 0.717) is 12.1 Å². The monoisotopic (exact) mass is 500 g/mol. The number of carbonyl (C=O) groups excluding carboxylic acids is 3. The summed E-state index contributed by atoms with van der Waals surface area (Å²) in [5, 5.41) is 0. The summed E-state index contributed by atoms with van der Waals surface area (Å²) in [5.41, 5.74) is 3.19. The highest BCUT2D eigenvalue weighted by molar-refractivity contribution is 5.94. The topological polar surface area (TPSA) is 85.4 Å². The second-order valence-corrected chi connectivity index (χ2v) is 8.94. The Morgan fingerprint density at radius 1 is 0.757 bits per heavy atom. The molecule has 2 aliphatic heterocycles. The van der Waals surface area contributed by atoms with Gasteiger partial charge in [0, 0.05) is 5.92 Å². The first-order valence-electron chi connectivity index (χ1n) is 12.3. The number of likely N-dealkylation sites (tertiary alicyclic amines) is 1. The first kappa shape index (κ1) is 24.4. The van der Waals surface area contributed by atoms with E-state index in [9.17, 15) is 14.4 Å². The van der Waals surface area contributed by atoms with E-state index < -0.39 is 30.4 Å². The molecule has 0 N–H and O–H groups in total. The maximum Gasteiger partial charge on any atom is 0.416 e. The van der Waals surface area contributed by atoms with Gasteiger partial charge in [0.15, 0.2) is 0 Å². The molecule has 3 aromatic carbocycles. The molecular weight excluding hydrogens is 472 g/mol. The lowest BCUT2D eigenvalue weighted by molar-refractivity contribution is -0.150. The van der Waals surface area contributed by atoms with Crippen LogP contribution in [0.1, 0.15) is 36.0 Å². The van der Waals surface area contributed by atoms with Gasteiger partial charge >= 0.3 is 18.2 Å². The standard InChI is InChI=1S/C29H28N2O6/c1-2-35-28(33)30-24-16-10-9-15-22(24)23-17-25(27(32)36-18-20-11-5-3-6-12-20)31(26(23)30)29(34)37-19-21-13-7-4-8-14-21/h3-16,23,25-26H,2,17-19H2,1H3/t23-,25+,26-/m1/s1. The number of hydrogen-bond acceptors (Lipinski definition) is 6. The van der Waals surface area contributed by atoms with Crippen molar-refractivity contribution in [2.24, 2.45) is 0 Å². The van der Waals surface area contributed by atoms with Crippen molar-refractivity contribution in [1.29, 1.82) is 0 Å². The molecule has 3 aromatic rings. The Labute approximate surface area is 215 Å². The van der Waals surface area contributed by atoms with Gasteiger partial charge in [-0.05, 0) is 36.1 Å². The Kier molecular flexibility index (Phi) is 7.07. The summed E-state index contributed by atoms with van der Waals surface area (Å²) in [6, 6.07) is 25.1. The fraction of sp³-hybridized carbons (Fsp3) is 0.276. The summed E-state index contributed by atoms with van der Waals surface area (Å²) in [6.07, 6.45) is -1.75. The first-order chi connectivity index (χ1) is 18.1. The number of esters is 1. The lowest BCUT2D eigenvalue weighted by atomic mass is 9.96. The summed E-state index contributed by atoms with van der Waals surface area (Å²) in [5.74, 6) is -0.838. The molecule has 3 atom stereocenters. The molecule has 1 fully saturated rings. The Morgan fingerprint density at radius 2 is 1.35 bits per heavy atom. The highest BCUT2D eigenvalue weighted by Crippen LogP contribution is 2.50. The predicted octanol–water partition coefficient (Wildman–Crippen LogP) is 5.23. The molecule has 2 amide bonds. The third-order valence-electron chi connectivity index (χ3n) is 6.69. The number of carbonyl (C=O) groups is 3. The fourth-order valence-corrected chi connectivity index (χ4v) is 5.07. The van der Waals surface area contributed by atoms with Gasteiger partial charge in [-0.15, -0.1) is 0 Å². The van der Waals surface area contributed by atoms with Crippen molar-refractivity contribution in [2.45, 2.75) is 44.7 Å². The van der Waals surface area contributed by atoms with Crippen molar-refractivity contribution in [3.63, 3.8) is 0 Å². The number of amides is 2. The second-order valence-electron chi connectivity index (χ2n) is 8.94. The second kappa shape index (κ2) is 10.7. The molecule has 5 rings (SSSR count). The molecule has 0 bridgehead atoms. The molecule has 0 aromatic heterocycles. The number of fused-ring (bicyclic) bond motifs is 3. The molecule has 37 heavy (non-hydrogen) atoms. The van der Waals surface area contributed by atoms with Gasteiger partial charge in [-0.25, -0.2) is 14.4 Å². The summed E-state index contributed by atoms with van der Waals surface area (Å²) < 4.78 is 16.6. The van der Waals surface area contributed by atoms with E-state index in [1.165, 1.54) is 9.80 Å². The zero-order chi connectivity index (χ0) is 25.8. The third-order valence-corrected chi connectivity index (χ3v) is 6.69. The van der Waals surface area contributed by atoms with Crippen molar-refractivity contribution in [2.75, 3.05) is 11.5 Å². The Bertz CT molecular complexity index is 1270. The van der Waals surface area contributed by atoms with Gasteiger partial charge in [0.05, 0.1) is 12.3 Å². The summed E-state index contributed by atoms with van der Waals surface area (Å²) >= 11 is 0. The van der Waals surface area contributed by atoms with Gasteiger partial charge in [0.2, 0.25) is 0 Å². The average molecular weight is 501 g/mol. The van der Waals surface area contributed by atoms with Gasteiger partial charge in [-0.2, -0.15) is 0 Å². The van der Waals surface area contributed by atoms with E-state index >= 15 is 0 Å². The zero-order valence-corrected chi connectivity index (χ0v) is 20.5. The molecule has 0 aliphatic carbocycles. The highest BCUT2D eigenvalue weighted by Gasteiger charge is 2.57. The molecule has 8 nitrogen and oxygen atoms in total. The first-order valence-corrected chi connectivity index (χ1v) is 12.3. The van der Waals surface area contributed by atoms with Crippen LogP contribution in [0.15, 0.2) is 84.9 Å². The van der Waals surface area contributed by atoms with Crippen LogP contribution in [-0.4, -0.2) is 41.9 Å². The van der Waals surface area contributed by atoms with Crippen molar-refractivity contribution in [3.05, 3.63) is 102 Å². The molecule has 190 valence electrons. The molecule has 2 aliphatic rings. The number of benzene rings is 3. The summed E-state index contributed by atoms with van der Waals surface area (Å²) in [6.45, 7) is 2.01. The van der Waals surface area contributed by atoms with Gasteiger partial charge in [-0.1, -0.05) is 78.9 Å². The van der Waals surface area contributed by atoms with E-state index in [1.807, 2.05) is 84.9 Å². The summed E-state index contributed by atoms with van der Waals surface area (Å²) in [7, 11) is 0. The van der Waals surface area contributed by atoms with E-state index in [-0.39, 0.29) is 25.7 Å². The van der Waals surface area contributed by atoms with E-state index in [2.05, 4.69) is 0 Å². The number of anilines is 1. The number of rotatable bonds is 6. The van der Waals surface area contributed by atoms with Crippen molar-refractivity contribution in [1.82, 2.24) is 4.90 Å². The van der Waals surface area contributed by atoms with E-state index in [0.717, 1.165) is 16.7 Å². The lowest BCUT2D eigenvalue weighted by Gasteiger charge is -2.33. The van der Waals surface area contributed by atoms with Gasteiger partial charge in [0.1, 0.15) is 25.4 Å². The van der Waals surface area contributed by atoms with Crippen LogP contribution in [0.25, 0.3) is 0 Å². The third kappa shape index (κ3) is 4.87. The Balaban J connectivity index is 1.44. The van der Waals surface area contributed by atoms with Gasteiger partial charge < -0.3 is 14.2 Å². The Morgan fingerprint density at radius 3 is 2.00 bits per heavy atom. The molecule has 2 heterocycles. The predicted molar refractivity (Wildman–Crippen MR) is 136 cm³/mol. The minimum Gasteiger partial charge on any atom is -0.459 e. The quantitative estimate of drug-likeness (QED) is 0.341. The maximum absolute atomic E-state index is 13.5. The number of ether oxygens (including phenoxy) is 3. The van der Waals surface area contributed by atoms with Crippen molar-refractivity contribution >= 4 is 23.8 Å². The SMILES string of the molecule is CCOC(=O)N1c2ccccc2[C@H]2C[C@@H](C(=O)OCc3ccccc3)N(C(=O)OCc3ccccc3)[C@H]21. The largest absolute Gasteiger partial charge is 0.459 e. The minimum absolute atomic E-state index is 0.0334. The molecule has 1 saturated heterocycles. The molecule has 8 heteroatoms. The van der Waals surface area contributed by atoms with Crippen LogP contribution in [0.5, 0.6) is 0 Å². The Hall–Kier alpha value is -4.33. The molecule has 0 saturated carbocycles. The van der Waals surface area contributed by atoms with Crippen LogP contribution < -0.4 is 4.90 Å². The molecule has 0 unspecified atom stereocenters. The lowest BCUT2D eigenvalue weighted by Crippen LogP contribution is -2.54. The molecular formula is C29H28N2O6. The van der Waals surface area contributed by atoms with E-state index in [4.69, 9.17) is 14.2 Å².